The first kappa shape index (κ1) is 24.3. The van der Waals surface area contributed by atoms with Gasteiger partial charge in [0, 0.05) is 42.0 Å². The topological polar surface area (TPSA) is 97.0 Å². The molecule has 0 bridgehead atoms. The summed E-state index contributed by atoms with van der Waals surface area (Å²) < 4.78 is 16.5. The van der Waals surface area contributed by atoms with Crippen LogP contribution in [0.5, 0.6) is 0 Å². The minimum absolute atomic E-state index is 0. The number of carbonyl (C=O) groups is 1. The molecule has 0 aliphatic heterocycles. The van der Waals surface area contributed by atoms with Crippen LogP contribution in [0.3, 0.4) is 0 Å². The first-order valence-corrected chi connectivity index (χ1v) is 10.5. The van der Waals surface area contributed by atoms with E-state index in [1.54, 1.807) is 18.2 Å². The van der Waals surface area contributed by atoms with Gasteiger partial charge in [0.25, 0.3) is 5.56 Å². The van der Waals surface area contributed by atoms with Crippen LogP contribution in [-0.4, -0.2) is 20.1 Å². The monoisotopic (exact) mass is 463 g/mol. The first-order chi connectivity index (χ1) is 14.7. The average Bonchev–Trinajstić information content (AvgIpc) is 3.09. The normalized spacial score (nSPS) is 11.3. The Labute approximate surface area is 208 Å². The number of carboxylic acid groups (broad SMARTS) is 1. The number of nitrogens with zero attached hydrogens (tertiary/aromatic N) is 3. The van der Waals surface area contributed by atoms with Crippen molar-refractivity contribution in [2.75, 3.05) is 0 Å². The van der Waals surface area contributed by atoms with E-state index in [0.29, 0.717) is 27.2 Å². The van der Waals surface area contributed by atoms with Crippen LogP contribution >= 0.6 is 11.3 Å². The van der Waals surface area contributed by atoms with Crippen molar-refractivity contribution in [3.05, 3.63) is 73.1 Å². The minimum Gasteiger partial charge on any atom is -0.545 e. The molecule has 0 N–H and O–H groups in total. The van der Waals surface area contributed by atoms with Crippen molar-refractivity contribution in [1.29, 1.82) is 0 Å². The molecule has 0 saturated heterocycles. The molecule has 0 unspecified atom stereocenters. The average molecular weight is 463 g/mol. The van der Waals surface area contributed by atoms with Crippen molar-refractivity contribution in [2.45, 2.75) is 26.8 Å². The van der Waals surface area contributed by atoms with Crippen LogP contribution in [0.25, 0.3) is 21.1 Å². The summed E-state index contributed by atoms with van der Waals surface area (Å²) >= 11 is 1.08. The van der Waals surface area contributed by atoms with Gasteiger partial charge in [-0.3, -0.25) is 18.9 Å². The Bertz CT molecular complexity index is 1470. The number of benzene rings is 1. The van der Waals surface area contributed by atoms with E-state index in [0.717, 1.165) is 15.9 Å². The number of aromatic nitrogens is 3. The second-order valence-electron chi connectivity index (χ2n) is 7.80. The predicted molar refractivity (Wildman–Crippen MR) is 115 cm³/mol. The summed E-state index contributed by atoms with van der Waals surface area (Å²) in [6, 6.07) is 6.26. The number of rotatable bonds is 5. The number of thiophene rings is 1. The number of carboxylic acids is 1. The van der Waals surface area contributed by atoms with Gasteiger partial charge in [0.15, 0.2) is 0 Å². The third-order valence-electron chi connectivity index (χ3n) is 5.16. The molecule has 3 heterocycles. The van der Waals surface area contributed by atoms with Gasteiger partial charge in [-0.15, -0.1) is 11.3 Å². The third-order valence-corrected chi connectivity index (χ3v) is 6.37. The molecular formula is C22H19FN3NaO4S. The molecule has 0 saturated carbocycles. The molecule has 0 atom stereocenters. The van der Waals surface area contributed by atoms with Crippen molar-refractivity contribution in [2.24, 2.45) is 13.0 Å². The Morgan fingerprint density at radius 3 is 2.62 bits per heavy atom. The van der Waals surface area contributed by atoms with Gasteiger partial charge in [-0.1, -0.05) is 26.0 Å². The summed E-state index contributed by atoms with van der Waals surface area (Å²) in [5.74, 6) is -1.87. The van der Waals surface area contributed by atoms with Gasteiger partial charge < -0.3 is 9.90 Å². The fraction of sp³-hybridized carbons (Fsp3) is 0.273. The van der Waals surface area contributed by atoms with E-state index in [9.17, 15) is 23.9 Å². The molecule has 0 aliphatic carbocycles. The van der Waals surface area contributed by atoms with Gasteiger partial charge in [0.1, 0.15) is 16.2 Å². The molecule has 7 nitrogen and oxygen atoms in total. The fourth-order valence-corrected chi connectivity index (χ4v) is 5.07. The van der Waals surface area contributed by atoms with E-state index in [4.69, 9.17) is 0 Å². The summed E-state index contributed by atoms with van der Waals surface area (Å²) in [6.45, 7) is 4.18. The van der Waals surface area contributed by atoms with E-state index >= 15 is 0 Å². The van der Waals surface area contributed by atoms with Gasteiger partial charge in [0.2, 0.25) is 0 Å². The molecule has 4 aromatic rings. The largest absolute Gasteiger partial charge is 1.00 e. The fourth-order valence-electron chi connectivity index (χ4n) is 3.77. The summed E-state index contributed by atoms with van der Waals surface area (Å²) in [5.41, 5.74) is -0.552. The van der Waals surface area contributed by atoms with Crippen molar-refractivity contribution < 1.29 is 43.8 Å². The second-order valence-corrected chi connectivity index (χ2v) is 8.89. The summed E-state index contributed by atoms with van der Waals surface area (Å²) in [6.07, 6.45) is 1.59. The van der Waals surface area contributed by atoms with Gasteiger partial charge in [0.05, 0.1) is 11.4 Å². The molecule has 0 aliphatic rings. The number of halogens is 1. The maximum atomic E-state index is 14.1. The molecule has 3 aromatic heterocycles. The van der Waals surface area contributed by atoms with Crippen LogP contribution in [0.2, 0.25) is 0 Å². The molecule has 1 aromatic carbocycles. The summed E-state index contributed by atoms with van der Waals surface area (Å²) in [7, 11) is 1.33. The number of para-hydroxylation sites is 1. The molecule has 4 rings (SSSR count). The molecule has 0 fully saturated rings. The predicted octanol–water partition coefficient (Wildman–Crippen LogP) is -0.937. The summed E-state index contributed by atoms with van der Waals surface area (Å²) in [4.78, 5) is 42.4. The Hall–Kier alpha value is -2.33. The smallest absolute Gasteiger partial charge is 0.545 e. The first-order valence-electron chi connectivity index (χ1n) is 9.69. The Morgan fingerprint density at radius 2 is 1.97 bits per heavy atom. The van der Waals surface area contributed by atoms with E-state index in [1.165, 1.54) is 23.9 Å². The summed E-state index contributed by atoms with van der Waals surface area (Å²) in [5, 5.41) is 12.6. The number of fused-ring (bicyclic) bond motifs is 2. The van der Waals surface area contributed by atoms with Gasteiger partial charge >= 0.3 is 35.2 Å². The van der Waals surface area contributed by atoms with E-state index in [2.05, 4.69) is 4.98 Å². The van der Waals surface area contributed by atoms with E-state index < -0.39 is 23.0 Å². The van der Waals surface area contributed by atoms with Crippen LogP contribution in [0.15, 0.2) is 40.1 Å². The van der Waals surface area contributed by atoms with Crippen molar-refractivity contribution in [1.82, 2.24) is 14.1 Å². The quantitative estimate of drug-likeness (QED) is 0.356. The second kappa shape index (κ2) is 9.27. The number of aromatic carboxylic acids is 1. The van der Waals surface area contributed by atoms with E-state index in [-0.39, 0.29) is 58.4 Å². The molecular weight excluding hydrogens is 444 g/mol. The molecule has 0 radical (unpaired) electrons. The SMILES string of the molecule is CC(C)Cn1c(=O)n(C)c(=O)c2c(C(=O)[O-])c(Cc3ccnc4c(F)cccc34)sc21.[Na+]. The van der Waals surface area contributed by atoms with Crippen LogP contribution in [0, 0.1) is 11.7 Å². The van der Waals surface area contributed by atoms with Gasteiger partial charge in [-0.05, 0) is 23.6 Å². The maximum Gasteiger partial charge on any atom is 1.00 e. The van der Waals surface area contributed by atoms with Crippen molar-refractivity contribution >= 4 is 38.4 Å². The van der Waals surface area contributed by atoms with Crippen LogP contribution in [-0.2, 0) is 20.0 Å². The number of carbonyl (C=O) groups excluding carboxylic acids is 1. The number of pyridine rings is 1. The molecule has 0 amide bonds. The molecule has 0 spiro atoms. The van der Waals surface area contributed by atoms with Crippen molar-refractivity contribution in [3.63, 3.8) is 0 Å². The maximum absolute atomic E-state index is 14.1. The zero-order valence-electron chi connectivity index (χ0n) is 18.1. The Kier molecular flexibility index (Phi) is 7.04. The van der Waals surface area contributed by atoms with Crippen LogP contribution in [0.4, 0.5) is 4.39 Å². The van der Waals surface area contributed by atoms with Crippen LogP contribution < -0.4 is 45.9 Å². The van der Waals surface area contributed by atoms with Crippen LogP contribution in [0.1, 0.15) is 34.6 Å². The zero-order valence-corrected chi connectivity index (χ0v) is 21.0. The Balaban J connectivity index is 0.00000289. The molecule has 32 heavy (non-hydrogen) atoms. The van der Waals surface area contributed by atoms with Gasteiger partial charge in [-0.2, -0.15) is 0 Å². The standard InChI is InChI=1S/C22H20FN3O4S.Na/c1-11(2)10-26-20-17(19(27)25(3)22(26)30)16(21(28)29)15(31-20)9-12-7-8-24-18-13(12)5-4-6-14(18)23;/h4-8,11H,9-10H2,1-3H3,(H,28,29);/q;+1/p-1. The molecule has 10 heteroatoms. The zero-order chi connectivity index (χ0) is 22.4. The molecule has 160 valence electrons. The number of hydrogen-bond acceptors (Lipinski definition) is 6. The minimum atomic E-state index is -1.49. The Morgan fingerprint density at radius 1 is 1.25 bits per heavy atom. The number of hydrogen-bond donors (Lipinski definition) is 0. The van der Waals surface area contributed by atoms with Gasteiger partial charge in [-0.25, -0.2) is 9.18 Å². The third kappa shape index (κ3) is 4.05. The van der Waals surface area contributed by atoms with Crippen molar-refractivity contribution in [3.8, 4) is 0 Å². The van der Waals surface area contributed by atoms with E-state index in [1.807, 2.05) is 13.8 Å².